The van der Waals surface area contributed by atoms with Crippen LogP contribution in [-0.2, 0) is 9.47 Å². The Morgan fingerprint density at radius 3 is 3.00 bits per heavy atom. The number of anilines is 1. The number of nitrogens with one attached hydrogen (secondary N) is 1. The molecule has 3 nitrogen and oxygen atoms in total. The summed E-state index contributed by atoms with van der Waals surface area (Å²) in [5, 5.41) is 4.33. The molecule has 1 fully saturated rings. The van der Waals surface area contributed by atoms with Gasteiger partial charge in [-0.1, -0.05) is 29.3 Å². The third-order valence-corrected chi connectivity index (χ3v) is 3.26. The molecule has 1 aliphatic rings. The van der Waals surface area contributed by atoms with Gasteiger partial charge in [-0.05, 0) is 18.6 Å². The lowest BCUT2D eigenvalue weighted by atomic mass is 10.2. The molecule has 2 rings (SSSR count). The van der Waals surface area contributed by atoms with Crippen molar-refractivity contribution in [3.8, 4) is 0 Å². The summed E-state index contributed by atoms with van der Waals surface area (Å²) < 4.78 is 10.5. The van der Waals surface area contributed by atoms with Crippen molar-refractivity contribution >= 4 is 28.9 Å². The predicted molar refractivity (Wildman–Crippen MR) is 65.3 cm³/mol. The minimum absolute atomic E-state index is 0.170. The first-order valence-corrected chi connectivity index (χ1v) is 5.90. The first kappa shape index (κ1) is 12.0. The predicted octanol–water partition coefficient (Wildman–Crippen LogP) is 3.17. The van der Waals surface area contributed by atoms with Crippen LogP contribution in [0.5, 0.6) is 0 Å². The van der Waals surface area contributed by atoms with Gasteiger partial charge in [-0.2, -0.15) is 0 Å². The normalized spacial score (nSPS) is 20.8. The fraction of sp³-hybridized carbons (Fsp3) is 0.455. The highest BCUT2D eigenvalue weighted by molar-refractivity contribution is 6.43. The lowest BCUT2D eigenvalue weighted by molar-refractivity contribution is -0.133. The Kier molecular flexibility index (Phi) is 4.29. The van der Waals surface area contributed by atoms with Gasteiger partial charge in [0.1, 0.15) is 6.79 Å². The summed E-state index contributed by atoms with van der Waals surface area (Å²) in [6.07, 6.45) is 1.06. The Morgan fingerprint density at radius 2 is 2.25 bits per heavy atom. The van der Waals surface area contributed by atoms with Gasteiger partial charge in [-0.15, -0.1) is 0 Å². The maximum Gasteiger partial charge on any atom is 0.147 e. The fourth-order valence-electron chi connectivity index (χ4n) is 1.53. The van der Waals surface area contributed by atoms with Crippen molar-refractivity contribution in [1.82, 2.24) is 0 Å². The van der Waals surface area contributed by atoms with E-state index in [2.05, 4.69) is 5.32 Å². The van der Waals surface area contributed by atoms with Crippen molar-refractivity contribution in [2.45, 2.75) is 12.5 Å². The minimum atomic E-state index is 0.170. The van der Waals surface area contributed by atoms with Crippen LogP contribution in [0.3, 0.4) is 0 Å². The topological polar surface area (TPSA) is 30.5 Å². The highest BCUT2D eigenvalue weighted by Crippen LogP contribution is 2.29. The molecule has 88 valence electrons. The fourth-order valence-corrected chi connectivity index (χ4v) is 1.89. The Hall–Kier alpha value is -0.480. The van der Waals surface area contributed by atoms with E-state index in [1.54, 1.807) is 6.07 Å². The first-order valence-electron chi connectivity index (χ1n) is 5.14. The highest BCUT2D eigenvalue weighted by atomic mass is 35.5. The zero-order chi connectivity index (χ0) is 11.4. The van der Waals surface area contributed by atoms with Crippen molar-refractivity contribution in [2.75, 3.05) is 25.3 Å². The highest BCUT2D eigenvalue weighted by Gasteiger charge is 2.14. The van der Waals surface area contributed by atoms with Gasteiger partial charge in [0.25, 0.3) is 0 Å². The van der Waals surface area contributed by atoms with Gasteiger partial charge in [-0.3, -0.25) is 0 Å². The van der Waals surface area contributed by atoms with E-state index in [0.29, 0.717) is 23.4 Å². The second-order valence-electron chi connectivity index (χ2n) is 3.59. The van der Waals surface area contributed by atoms with Gasteiger partial charge in [0.15, 0.2) is 0 Å². The number of benzene rings is 1. The number of halogens is 2. The molecule has 1 saturated heterocycles. The summed E-state index contributed by atoms with van der Waals surface area (Å²) in [5.74, 6) is 0. The van der Waals surface area contributed by atoms with Crippen molar-refractivity contribution < 1.29 is 9.47 Å². The van der Waals surface area contributed by atoms with Crippen molar-refractivity contribution in [2.24, 2.45) is 0 Å². The second kappa shape index (κ2) is 5.73. The zero-order valence-corrected chi connectivity index (χ0v) is 10.2. The molecule has 0 bridgehead atoms. The molecular weight excluding hydrogens is 249 g/mol. The zero-order valence-electron chi connectivity index (χ0n) is 8.71. The molecule has 1 aliphatic heterocycles. The van der Waals surface area contributed by atoms with Crippen LogP contribution in [0.15, 0.2) is 18.2 Å². The lowest BCUT2D eigenvalue weighted by Gasteiger charge is -2.23. The molecule has 5 heteroatoms. The average molecular weight is 262 g/mol. The van der Waals surface area contributed by atoms with E-state index in [1.165, 1.54) is 0 Å². The van der Waals surface area contributed by atoms with Crippen LogP contribution in [0, 0.1) is 0 Å². The number of ether oxygens (including phenoxy) is 2. The molecule has 1 aromatic rings. The van der Waals surface area contributed by atoms with Crippen LogP contribution in [-0.4, -0.2) is 26.0 Å². The van der Waals surface area contributed by atoms with Gasteiger partial charge in [0.2, 0.25) is 0 Å². The molecular formula is C11H13Cl2NO2. The molecule has 16 heavy (non-hydrogen) atoms. The largest absolute Gasteiger partial charge is 0.381 e. The Balaban J connectivity index is 1.91. The quantitative estimate of drug-likeness (QED) is 0.907. The molecule has 0 aliphatic carbocycles. The molecule has 1 unspecified atom stereocenters. The van der Waals surface area contributed by atoms with Crippen molar-refractivity contribution in [3.63, 3.8) is 0 Å². The van der Waals surface area contributed by atoms with E-state index >= 15 is 0 Å². The summed E-state index contributed by atoms with van der Waals surface area (Å²) in [4.78, 5) is 0. The van der Waals surface area contributed by atoms with Crippen LogP contribution in [0.2, 0.25) is 10.0 Å². The van der Waals surface area contributed by atoms with E-state index in [4.69, 9.17) is 32.7 Å². The maximum absolute atomic E-state index is 6.05. The summed E-state index contributed by atoms with van der Waals surface area (Å²) in [5.41, 5.74) is 0.837. The van der Waals surface area contributed by atoms with Gasteiger partial charge in [0.05, 0.1) is 28.4 Å². The smallest absolute Gasteiger partial charge is 0.147 e. The van der Waals surface area contributed by atoms with Crippen molar-refractivity contribution in [3.05, 3.63) is 28.2 Å². The van der Waals surface area contributed by atoms with E-state index in [9.17, 15) is 0 Å². The van der Waals surface area contributed by atoms with E-state index < -0.39 is 0 Å². The van der Waals surface area contributed by atoms with Crippen LogP contribution >= 0.6 is 23.2 Å². The number of hydrogen-bond acceptors (Lipinski definition) is 3. The summed E-state index contributed by atoms with van der Waals surface area (Å²) in [6, 6.07) is 5.52. The molecule has 1 aromatic carbocycles. The SMILES string of the molecule is Clc1cccc(NCC2CCOCO2)c1Cl. The van der Waals surface area contributed by atoms with Crippen LogP contribution in [0.1, 0.15) is 6.42 Å². The average Bonchev–Trinajstić information content (AvgIpc) is 2.32. The van der Waals surface area contributed by atoms with E-state index in [1.807, 2.05) is 12.1 Å². The lowest BCUT2D eigenvalue weighted by Crippen LogP contribution is -2.30. The molecule has 1 heterocycles. The maximum atomic E-state index is 6.05. The molecule has 0 saturated carbocycles. The summed E-state index contributed by atoms with van der Waals surface area (Å²) in [6.45, 7) is 1.83. The van der Waals surface area contributed by atoms with Gasteiger partial charge in [-0.25, -0.2) is 0 Å². The van der Waals surface area contributed by atoms with Gasteiger partial charge >= 0.3 is 0 Å². The van der Waals surface area contributed by atoms with E-state index in [0.717, 1.165) is 18.7 Å². The third kappa shape index (κ3) is 3.01. The molecule has 0 aromatic heterocycles. The summed E-state index contributed by atoms with van der Waals surface area (Å²) in [7, 11) is 0. The molecule has 1 atom stereocenters. The number of rotatable bonds is 3. The van der Waals surface area contributed by atoms with Crippen LogP contribution in [0.25, 0.3) is 0 Å². The third-order valence-electron chi connectivity index (χ3n) is 2.44. The van der Waals surface area contributed by atoms with Crippen molar-refractivity contribution in [1.29, 1.82) is 0 Å². The molecule has 0 spiro atoms. The summed E-state index contributed by atoms with van der Waals surface area (Å²) >= 11 is 12.0. The molecule has 0 amide bonds. The second-order valence-corrected chi connectivity index (χ2v) is 4.37. The molecule has 0 radical (unpaired) electrons. The first-order chi connectivity index (χ1) is 7.77. The monoisotopic (exact) mass is 261 g/mol. The Labute approximate surface area is 105 Å². The van der Waals surface area contributed by atoms with Gasteiger partial charge in [0, 0.05) is 6.54 Å². The van der Waals surface area contributed by atoms with Crippen LogP contribution in [0.4, 0.5) is 5.69 Å². The Morgan fingerprint density at radius 1 is 1.38 bits per heavy atom. The van der Waals surface area contributed by atoms with Gasteiger partial charge < -0.3 is 14.8 Å². The van der Waals surface area contributed by atoms with Crippen LogP contribution < -0.4 is 5.32 Å². The standard InChI is InChI=1S/C11H13Cl2NO2/c12-9-2-1-3-10(11(9)13)14-6-8-4-5-15-7-16-8/h1-3,8,14H,4-7H2. The Bertz CT molecular complexity index is 354. The molecule has 1 N–H and O–H groups in total. The minimum Gasteiger partial charge on any atom is -0.381 e. The van der Waals surface area contributed by atoms with E-state index in [-0.39, 0.29) is 6.10 Å². The number of hydrogen-bond donors (Lipinski definition) is 1.